The number of Topliss-reactive ketones (excluding diaryl/α,β-unsaturated/α-hetero) is 1. The molecule has 0 saturated heterocycles. The average molecular weight is 170 g/mol. The molecule has 1 aliphatic carbocycles. The van der Waals surface area contributed by atoms with Gasteiger partial charge in [0.15, 0.2) is 0 Å². The highest BCUT2D eigenvalue weighted by atomic mass is 16.3. The van der Waals surface area contributed by atoms with E-state index in [9.17, 15) is 9.90 Å². The Bertz CT molecular complexity index is 173. The van der Waals surface area contributed by atoms with E-state index in [1.165, 1.54) is 0 Å². The summed E-state index contributed by atoms with van der Waals surface area (Å²) in [5.74, 6) is 0.529. The second kappa shape index (κ2) is 3.56. The van der Waals surface area contributed by atoms with Crippen LogP contribution in [0.3, 0.4) is 0 Å². The van der Waals surface area contributed by atoms with Gasteiger partial charge in [0.2, 0.25) is 0 Å². The van der Waals surface area contributed by atoms with Crippen molar-refractivity contribution >= 4 is 5.78 Å². The summed E-state index contributed by atoms with van der Waals surface area (Å²) in [6.45, 7) is 3.92. The van der Waals surface area contributed by atoms with E-state index in [0.29, 0.717) is 18.6 Å². The molecule has 0 aromatic carbocycles. The molecule has 1 rings (SSSR count). The first-order chi connectivity index (χ1) is 5.56. The van der Waals surface area contributed by atoms with Gasteiger partial charge in [-0.3, -0.25) is 4.79 Å². The van der Waals surface area contributed by atoms with Crippen LogP contribution in [0.5, 0.6) is 0 Å². The maximum absolute atomic E-state index is 11.0. The lowest BCUT2D eigenvalue weighted by Crippen LogP contribution is -2.32. The van der Waals surface area contributed by atoms with Crippen LogP contribution in [0.25, 0.3) is 0 Å². The number of hydrogen-bond donors (Lipinski definition) is 1. The Labute approximate surface area is 74.0 Å². The van der Waals surface area contributed by atoms with E-state index in [1.807, 2.05) is 6.92 Å². The Hall–Kier alpha value is -0.370. The third kappa shape index (κ3) is 2.07. The fraction of sp³-hybridized carbons (Fsp3) is 0.900. The van der Waals surface area contributed by atoms with Gasteiger partial charge >= 0.3 is 0 Å². The minimum Gasteiger partial charge on any atom is -0.390 e. The number of hydrogen-bond acceptors (Lipinski definition) is 2. The van der Waals surface area contributed by atoms with Crippen LogP contribution in [0.15, 0.2) is 0 Å². The molecule has 2 unspecified atom stereocenters. The molecule has 0 radical (unpaired) electrons. The first-order valence-electron chi connectivity index (χ1n) is 4.80. The van der Waals surface area contributed by atoms with Crippen LogP contribution >= 0.6 is 0 Å². The van der Waals surface area contributed by atoms with Gasteiger partial charge in [-0.15, -0.1) is 0 Å². The zero-order chi connectivity index (χ0) is 9.19. The fourth-order valence-corrected chi connectivity index (χ4v) is 2.06. The average Bonchev–Trinajstić information content (AvgIpc) is 2.36. The van der Waals surface area contributed by atoms with E-state index in [-0.39, 0.29) is 5.92 Å². The lowest BCUT2D eigenvalue weighted by Gasteiger charge is -2.29. The summed E-state index contributed by atoms with van der Waals surface area (Å²) >= 11 is 0. The minimum absolute atomic E-state index is 0.213. The molecule has 1 saturated carbocycles. The van der Waals surface area contributed by atoms with Crippen molar-refractivity contribution in [3.63, 3.8) is 0 Å². The van der Waals surface area contributed by atoms with Gasteiger partial charge in [-0.05, 0) is 25.7 Å². The Morgan fingerprint density at radius 2 is 2.33 bits per heavy atom. The summed E-state index contributed by atoms with van der Waals surface area (Å²) in [5, 5.41) is 9.98. The summed E-state index contributed by atoms with van der Waals surface area (Å²) in [6, 6.07) is 0. The number of rotatable bonds is 3. The minimum atomic E-state index is -0.610. The van der Waals surface area contributed by atoms with Crippen molar-refractivity contribution in [3.8, 4) is 0 Å². The molecule has 12 heavy (non-hydrogen) atoms. The molecule has 0 bridgehead atoms. The Balaban J connectivity index is 2.51. The van der Waals surface area contributed by atoms with Gasteiger partial charge in [-0.25, -0.2) is 0 Å². The van der Waals surface area contributed by atoms with Gasteiger partial charge in [0.05, 0.1) is 5.60 Å². The number of ketones is 1. The number of aliphatic hydroxyl groups is 1. The standard InChI is InChI=1S/C10H18O2/c1-3-6-10(2,12)8-4-5-9(11)7-8/h8,12H,3-7H2,1-2H3. The van der Waals surface area contributed by atoms with E-state index < -0.39 is 5.60 Å². The van der Waals surface area contributed by atoms with Gasteiger partial charge in [-0.1, -0.05) is 13.3 Å². The third-order valence-electron chi connectivity index (χ3n) is 2.88. The van der Waals surface area contributed by atoms with Crippen LogP contribution in [-0.2, 0) is 4.79 Å². The van der Waals surface area contributed by atoms with Crippen molar-refractivity contribution in [1.82, 2.24) is 0 Å². The van der Waals surface area contributed by atoms with Crippen molar-refractivity contribution in [1.29, 1.82) is 0 Å². The summed E-state index contributed by atoms with van der Waals surface area (Å²) in [4.78, 5) is 11.0. The highest BCUT2D eigenvalue weighted by molar-refractivity contribution is 5.80. The number of carbonyl (C=O) groups excluding carboxylic acids is 1. The van der Waals surface area contributed by atoms with Gasteiger partial charge < -0.3 is 5.11 Å². The van der Waals surface area contributed by atoms with Crippen LogP contribution in [0.2, 0.25) is 0 Å². The topological polar surface area (TPSA) is 37.3 Å². The summed E-state index contributed by atoms with van der Waals surface area (Å²) in [5.41, 5.74) is -0.610. The van der Waals surface area contributed by atoms with E-state index in [0.717, 1.165) is 19.3 Å². The molecular formula is C10H18O2. The highest BCUT2D eigenvalue weighted by Gasteiger charge is 2.36. The predicted octanol–water partition coefficient (Wildman–Crippen LogP) is 1.91. The first-order valence-corrected chi connectivity index (χ1v) is 4.80. The van der Waals surface area contributed by atoms with E-state index in [1.54, 1.807) is 0 Å². The molecular weight excluding hydrogens is 152 g/mol. The fourth-order valence-electron chi connectivity index (χ4n) is 2.06. The molecule has 70 valence electrons. The molecule has 0 aromatic heterocycles. The highest BCUT2D eigenvalue weighted by Crippen LogP contribution is 2.34. The monoisotopic (exact) mass is 170 g/mol. The molecule has 2 heteroatoms. The lowest BCUT2D eigenvalue weighted by atomic mass is 9.84. The lowest BCUT2D eigenvalue weighted by molar-refractivity contribution is -0.118. The molecule has 2 nitrogen and oxygen atoms in total. The molecule has 1 fully saturated rings. The smallest absolute Gasteiger partial charge is 0.133 e. The number of carbonyl (C=O) groups is 1. The summed E-state index contributed by atoms with van der Waals surface area (Å²) in [7, 11) is 0. The van der Waals surface area contributed by atoms with Crippen LogP contribution in [0.4, 0.5) is 0 Å². The zero-order valence-electron chi connectivity index (χ0n) is 7.97. The predicted molar refractivity (Wildman–Crippen MR) is 47.9 cm³/mol. The summed E-state index contributed by atoms with van der Waals surface area (Å²) in [6.07, 6.45) is 3.94. The van der Waals surface area contributed by atoms with Gasteiger partial charge in [-0.2, -0.15) is 0 Å². The molecule has 1 N–H and O–H groups in total. The van der Waals surface area contributed by atoms with E-state index in [2.05, 4.69) is 6.92 Å². The van der Waals surface area contributed by atoms with Crippen LogP contribution in [-0.4, -0.2) is 16.5 Å². The normalized spacial score (nSPS) is 28.9. The molecule has 1 aliphatic rings. The molecule has 2 atom stereocenters. The molecule has 0 spiro atoms. The second-order valence-electron chi connectivity index (χ2n) is 4.09. The molecule has 0 aliphatic heterocycles. The quantitative estimate of drug-likeness (QED) is 0.702. The zero-order valence-corrected chi connectivity index (χ0v) is 7.97. The Kier molecular flexibility index (Phi) is 2.89. The SMILES string of the molecule is CCCC(C)(O)C1CCC(=O)C1. The van der Waals surface area contributed by atoms with Crippen molar-refractivity contribution in [2.45, 2.75) is 51.6 Å². The molecule has 0 aromatic rings. The molecule has 0 amide bonds. The van der Waals surface area contributed by atoms with Crippen molar-refractivity contribution in [3.05, 3.63) is 0 Å². The Morgan fingerprint density at radius 3 is 2.75 bits per heavy atom. The first kappa shape index (κ1) is 9.72. The van der Waals surface area contributed by atoms with Gasteiger partial charge in [0.25, 0.3) is 0 Å². The molecule has 0 heterocycles. The van der Waals surface area contributed by atoms with Crippen LogP contribution < -0.4 is 0 Å². The van der Waals surface area contributed by atoms with Crippen molar-refractivity contribution in [2.75, 3.05) is 0 Å². The van der Waals surface area contributed by atoms with Crippen molar-refractivity contribution < 1.29 is 9.90 Å². The van der Waals surface area contributed by atoms with E-state index in [4.69, 9.17) is 0 Å². The van der Waals surface area contributed by atoms with Crippen molar-refractivity contribution in [2.24, 2.45) is 5.92 Å². The third-order valence-corrected chi connectivity index (χ3v) is 2.88. The Morgan fingerprint density at radius 1 is 1.67 bits per heavy atom. The van der Waals surface area contributed by atoms with E-state index >= 15 is 0 Å². The van der Waals surface area contributed by atoms with Gasteiger partial charge in [0.1, 0.15) is 5.78 Å². The maximum atomic E-state index is 11.0. The maximum Gasteiger partial charge on any atom is 0.133 e. The largest absolute Gasteiger partial charge is 0.390 e. The summed E-state index contributed by atoms with van der Waals surface area (Å²) < 4.78 is 0. The van der Waals surface area contributed by atoms with Crippen LogP contribution in [0, 0.1) is 5.92 Å². The van der Waals surface area contributed by atoms with Gasteiger partial charge in [0, 0.05) is 12.8 Å². The second-order valence-corrected chi connectivity index (χ2v) is 4.09. The van der Waals surface area contributed by atoms with Crippen LogP contribution in [0.1, 0.15) is 46.0 Å².